The normalized spacial score (nSPS) is 16.3. The number of halogens is 1. The molecule has 1 aliphatic rings. The minimum absolute atomic E-state index is 0. The molecule has 0 spiro atoms. The predicted molar refractivity (Wildman–Crippen MR) is 85.2 cm³/mol. The van der Waals surface area contributed by atoms with Crippen molar-refractivity contribution in [2.45, 2.75) is 30.2 Å². The average Bonchev–Trinajstić information content (AvgIpc) is 3.27. The van der Waals surface area contributed by atoms with Crippen LogP contribution < -0.4 is 10.5 Å². The number of nitrogens with one attached hydrogen (secondary N) is 1. The largest absolute Gasteiger partial charge is 0.384 e. The molecule has 1 saturated carbocycles. The van der Waals surface area contributed by atoms with Gasteiger partial charge < -0.3 is 10.5 Å². The van der Waals surface area contributed by atoms with E-state index in [0.29, 0.717) is 19.1 Å². The quantitative estimate of drug-likeness (QED) is 0.751. The molecule has 7 heteroatoms. The molecule has 1 aliphatic carbocycles. The van der Waals surface area contributed by atoms with Gasteiger partial charge in [-0.05, 0) is 42.9 Å². The van der Waals surface area contributed by atoms with Crippen molar-refractivity contribution in [1.82, 2.24) is 4.72 Å². The van der Waals surface area contributed by atoms with Gasteiger partial charge in [-0.1, -0.05) is 12.1 Å². The molecule has 0 bridgehead atoms. The summed E-state index contributed by atoms with van der Waals surface area (Å²) in [5, 5.41) is 0. The van der Waals surface area contributed by atoms with Gasteiger partial charge in [-0.3, -0.25) is 0 Å². The molecule has 5 nitrogen and oxygen atoms in total. The van der Waals surface area contributed by atoms with E-state index < -0.39 is 10.0 Å². The maximum absolute atomic E-state index is 12.1. The Labute approximate surface area is 132 Å². The van der Waals surface area contributed by atoms with E-state index in [2.05, 4.69) is 4.72 Å². The van der Waals surface area contributed by atoms with Gasteiger partial charge in [-0.15, -0.1) is 12.4 Å². The molecule has 120 valence electrons. The third-order valence-electron chi connectivity index (χ3n) is 3.57. The Morgan fingerprint density at radius 3 is 2.48 bits per heavy atom. The first-order valence-corrected chi connectivity index (χ1v) is 8.34. The van der Waals surface area contributed by atoms with Gasteiger partial charge in [0, 0.05) is 19.7 Å². The summed E-state index contributed by atoms with van der Waals surface area (Å²) in [7, 11) is -1.81. The van der Waals surface area contributed by atoms with Gasteiger partial charge >= 0.3 is 0 Å². The van der Waals surface area contributed by atoms with Crippen molar-refractivity contribution in [2.24, 2.45) is 11.7 Å². The highest BCUT2D eigenvalue weighted by Crippen LogP contribution is 2.31. The fourth-order valence-electron chi connectivity index (χ4n) is 2.04. The highest BCUT2D eigenvalue weighted by Gasteiger charge is 2.29. The Morgan fingerprint density at radius 2 is 1.95 bits per heavy atom. The molecule has 0 saturated heterocycles. The van der Waals surface area contributed by atoms with Crippen LogP contribution in [0.25, 0.3) is 0 Å². The van der Waals surface area contributed by atoms with E-state index >= 15 is 0 Å². The molecule has 1 unspecified atom stereocenters. The molecule has 1 aromatic rings. The summed E-state index contributed by atoms with van der Waals surface area (Å²) < 4.78 is 31.8. The van der Waals surface area contributed by atoms with Gasteiger partial charge in [-0.2, -0.15) is 0 Å². The number of hydrogen-bond donors (Lipinski definition) is 2. The first-order valence-electron chi connectivity index (χ1n) is 6.86. The summed E-state index contributed by atoms with van der Waals surface area (Å²) in [4.78, 5) is 0.279. The molecule has 21 heavy (non-hydrogen) atoms. The first kappa shape index (κ1) is 18.4. The van der Waals surface area contributed by atoms with Crippen molar-refractivity contribution in [2.75, 3.05) is 20.3 Å². The van der Waals surface area contributed by atoms with Crippen molar-refractivity contribution >= 4 is 22.4 Å². The zero-order valence-corrected chi connectivity index (χ0v) is 13.8. The molecule has 1 aromatic carbocycles. The van der Waals surface area contributed by atoms with E-state index in [1.165, 1.54) is 0 Å². The molecule has 0 amide bonds. The van der Waals surface area contributed by atoms with Crippen molar-refractivity contribution in [1.29, 1.82) is 0 Å². The maximum Gasteiger partial charge on any atom is 0.240 e. The third kappa shape index (κ3) is 5.56. The average molecular weight is 335 g/mol. The molecule has 0 aromatic heterocycles. The lowest BCUT2D eigenvalue weighted by Crippen LogP contribution is -2.38. The van der Waals surface area contributed by atoms with Crippen LogP contribution in [-0.4, -0.2) is 34.7 Å². The summed E-state index contributed by atoms with van der Waals surface area (Å²) in [5.74, 6) is 0.481. The topological polar surface area (TPSA) is 81.4 Å². The number of nitrogens with two attached hydrogens (primary N) is 1. The SMILES string of the molecule is COCCc1ccc(S(=O)(=O)NCC(N)C2CC2)cc1.Cl. The van der Waals surface area contributed by atoms with E-state index in [9.17, 15) is 8.42 Å². The lowest BCUT2D eigenvalue weighted by atomic mass is 10.2. The van der Waals surface area contributed by atoms with E-state index in [0.717, 1.165) is 24.8 Å². The zero-order valence-electron chi connectivity index (χ0n) is 12.1. The highest BCUT2D eigenvalue weighted by atomic mass is 35.5. The van der Waals surface area contributed by atoms with Crippen LogP contribution in [0.2, 0.25) is 0 Å². The standard InChI is InChI=1S/C14H22N2O3S.ClH/c1-19-9-8-11-2-6-13(7-3-11)20(17,18)16-10-14(15)12-4-5-12;/h2-3,6-7,12,14,16H,4-5,8-10,15H2,1H3;1H. The highest BCUT2D eigenvalue weighted by molar-refractivity contribution is 7.89. The number of hydrogen-bond acceptors (Lipinski definition) is 4. The molecular formula is C14H23ClN2O3S. The molecular weight excluding hydrogens is 312 g/mol. The van der Waals surface area contributed by atoms with Crippen LogP contribution in [0.15, 0.2) is 29.2 Å². The predicted octanol–water partition coefficient (Wildman–Crippen LogP) is 1.31. The lowest BCUT2D eigenvalue weighted by Gasteiger charge is -2.12. The Hall–Kier alpha value is -0.660. The van der Waals surface area contributed by atoms with E-state index in [1.807, 2.05) is 12.1 Å². The second-order valence-electron chi connectivity index (χ2n) is 5.24. The Balaban J connectivity index is 0.00000220. The molecule has 0 radical (unpaired) electrons. The molecule has 0 aliphatic heterocycles. The second-order valence-corrected chi connectivity index (χ2v) is 7.01. The van der Waals surface area contributed by atoms with Gasteiger partial charge in [0.1, 0.15) is 0 Å². The monoisotopic (exact) mass is 334 g/mol. The molecule has 1 atom stereocenters. The van der Waals surface area contributed by atoms with Crippen LogP contribution >= 0.6 is 12.4 Å². The van der Waals surface area contributed by atoms with Gasteiger partial charge in [0.25, 0.3) is 0 Å². The molecule has 2 rings (SSSR count). The van der Waals surface area contributed by atoms with Crippen molar-refractivity contribution in [3.8, 4) is 0 Å². The Kier molecular flexibility index (Phi) is 7.09. The number of rotatable bonds is 8. The second kappa shape index (κ2) is 8.10. The van der Waals surface area contributed by atoms with E-state index in [4.69, 9.17) is 10.5 Å². The van der Waals surface area contributed by atoms with Crippen LogP contribution in [0.4, 0.5) is 0 Å². The zero-order chi connectivity index (χ0) is 14.6. The minimum Gasteiger partial charge on any atom is -0.384 e. The van der Waals surface area contributed by atoms with Gasteiger partial charge in [0.15, 0.2) is 0 Å². The van der Waals surface area contributed by atoms with Crippen LogP contribution in [-0.2, 0) is 21.2 Å². The maximum atomic E-state index is 12.1. The number of sulfonamides is 1. The fourth-order valence-corrected chi connectivity index (χ4v) is 3.11. The Morgan fingerprint density at radius 1 is 1.33 bits per heavy atom. The van der Waals surface area contributed by atoms with Crippen molar-refractivity contribution < 1.29 is 13.2 Å². The fraction of sp³-hybridized carbons (Fsp3) is 0.571. The number of methoxy groups -OCH3 is 1. The van der Waals surface area contributed by atoms with E-state index in [1.54, 1.807) is 19.2 Å². The van der Waals surface area contributed by atoms with Crippen LogP contribution in [0.3, 0.4) is 0 Å². The van der Waals surface area contributed by atoms with Gasteiger partial charge in [0.2, 0.25) is 10.0 Å². The van der Waals surface area contributed by atoms with Crippen LogP contribution in [0, 0.1) is 5.92 Å². The third-order valence-corrected chi connectivity index (χ3v) is 5.00. The summed E-state index contributed by atoms with van der Waals surface area (Å²) >= 11 is 0. The lowest BCUT2D eigenvalue weighted by molar-refractivity contribution is 0.202. The molecule has 0 heterocycles. The summed E-state index contributed by atoms with van der Waals surface area (Å²) in [6.07, 6.45) is 2.99. The van der Waals surface area contributed by atoms with Crippen LogP contribution in [0.1, 0.15) is 18.4 Å². The van der Waals surface area contributed by atoms with Gasteiger partial charge in [0.05, 0.1) is 11.5 Å². The van der Waals surface area contributed by atoms with Crippen molar-refractivity contribution in [3.63, 3.8) is 0 Å². The first-order chi connectivity index (χ1) is 9.53. The van der Waals surface area contributed by atoms with Crippen molar-refractivity contribution in [3.05, 3.63) is 29.8 Å². The number of benzene rings is 1. The number of ether oxygens (including phenoxy) is 1. The summed E-state index contributed by atoms with van der Waals surface area (Å²) in [6, 6.07) is 6.79. The van der Waals surface area contributed by atoms with Gasteiger partial charge in [-0.25, -0.2) is 13.1 Å². The van der Waals surface area contributed by atoms with Crippen LogP contribution in [0.5, 0.6) is 0 Å². The smallest absolute Gasteiger partial charge is 0.240 e. The Bertz CT molecular complexity index is 530. The summed E-state index contributed by atoms with van der Waals surface area (Å²) in [6.45, 7) is 0.930. The molecule has 3 N–H and O–H groups in total. The summed E-state index contributed by atoms with van der Waals surface area (Å²) in [5.41, 5.74) is 6.96. The minimum atomic E-state index is -3.46. The van der Waals surface area contributed by atoms with E-state index in [-0.39, 0.29) is 23.3 Å². The molecule has 1 fully saturated rings.